The van der Waals surface area contributed by atoms with Crippen LogP contribution in [-0.2, 0) is 12.7 Å². The van der Waals surface area contributed by atoms with Crippen LogP contribution >= 0.6 is 0 Å². The second kappa shape index (κ2) is 6.09. The van der Waals surface area contributed by atoms with E-state index in [9.17, 15) is 13.2 Å². The lowest BCUT2D eigenvalue weighted by atomic mass is 10.1. The third-order valence-corrected chi connectivity index (χ3v) is 3.22. The smallest absolute Gasteiger partial charge is 0.306 e. The van der Waals surface area contributed by atoms with Crippen molar-refractivity contribution in [1.29, 1.82) is 0 Å². The van der Waals surface area contributed by atoms with Crippen molar-refractivity contribution < 1.29 is 13.2 Å². The molecule has 0 bridgehead atoms. The number of benzene rings is 2. The maximum atomic E-state index is 12.9. The molecule has 4 heteroatoms. The van der Waals surface area contributed by atoms with Crippen LogP contribution in [0.5, 0.6) is 0 Å². The van der Waals surface area contributed by atoms with Crippen LogP contribution in [0.4, 0.5) is 13.2 Å². The number of nitrogens with one attached hydrogen (secondary N) is 1. The minimum atomic E-state index is -4.31. The van der Waals surface area contributed by atoms with Gasteiger partial charge in [-0.1, -0.05) is 48.5 Å². The maximum Gasteiger partial charge on any atom is 0.416 e. The predicted molar refractivity (Wildman–Crippen MR) is 73.1 cm³/mol. The second-order valence-corrected chi connectivity index (χ2v) is 4.67. The molecule has 0 aromatic heterocycles. The first kappa shape index (κ1) is 14.6. The molecule has 0 aliphatic rings. The summed E-state index contributed by atoms with van der Waals surface area (Å²) in [6.45, 7) is 2.12. The van der Waals surface area contributed by atoms with Gasteiger partial charge in [-0.3, -0.25) is 0 Å². The first-order valence-corrected chi connectivity index (χ1v) is 6.42. The fraction of sp³-hybridized carbons (Fsp3) is 0.250. The van der Waals surface area contributed by atoms with Gasteiger partial charge in [-0.25, -0.2) is 0 Å². The largest absolute Gasteiger partial charge is 0.416 e. The van der Waals surface area contributed by atoms with Gasteiger partial charge in [0.05, 0.1) is 5.56 Å². The Morgan fingerprint density at radius 2 is 1.55 bits per heavy atom. The fourth-order valence-corrected chi connectivity index (χ4v) is 2.07. The zero-order valence-electron chi connectivity index (χ0n) is 11.1. The van der Waals surface area contributed by atoms with E-state index in [1.165, 1.54) is 12.1 Å². The molecule has 2 rings (SSSR count). The summed E-state index contributed by atoms with van der Waals surface area (Å²) in [6.07, 6.45) is -4.31. The molecule has 1 atom stereocenters. The molecule has 0 amide bonds. The van der Waals surface area contributed by atoms with E-state index in [4.69, 9.17) is 0 Å². The summed E-state index contributed by atoms with van der Waals surface area (Å²) in [7, 11) is 0. The highest BCUT2D eigenvalue weighted by Crippen LogP contribution is 2.32. The highest BCUT2D eigenvalue weighted by atomic mass is 19.4. The topological polar surface area (TPSA) is 12.0 Å². The molecule has 0 aliphatic carbocycles. The summed E-state index contributed by atoms with van der Waals surface area (Å²) in [6, 6.07) is 15.3. The predicted octanol–water partition coefficient (Wildman–Crippen LogP) is 4.56. The standard InChI is InChI=1S/C16H16F3N/c1-12(13-7-3-2-4-8-13)20-11-14-9-5-6-10-15(14)16(17,18)19/h2-10,12,20H,11H2,1H3. The van der Waals surface area contributed by atoms with E-state index in [1.54, 1.807) is 6.07 Å². The van der Waals surface area contributed by atoms with Crippen molar-refractivity contribution in [2.75, 3.05) is 0 Å². The van der Waals surface area contributed by atoms with E-state index in [1.807, 2.05) is 37.3 Å². The molecule has 20 heavy (non-hydrogen) atoms. The molecule has 106 valence electrons. The minimum Gasteiger partial charge on any atom is -0.306 e. The molecule has 1 N–H and O–H groups in total. The highest BCUT2D eigenvalue weighted by molar-refractivity contribution is 5.29. The number of halogens is 3. The van der Waals surface area contributed by atoms with Crippen molar-refractivity contribution in [2.24, 2.45) is 0 Å². The Labute approximate surface area is 116 Å². The molecule has 0 fully saturated rings. The van der Waals surface area contributed by atoms with Crippen LogP contribution < -0.4 is 5.32 Å². The molecule has 0 saturated carbocycles. The molecule has 0 heterocycles. The van der Waals surface area contributed by atoms with E-state index >= 15 is 0 Å². The Bertz CT molecular complexity index is 549. The van der Waals surface area contributed by atoms with Crippen molar-refractivity contribution >= 4 is 0 Å². The Balaban J connectivity index is 2.08. The van der Waals surface area contributed by atoms with Gasteiger partial charge < -0.3 is 5.32 Å². The van der Waals surface area contributed by atoms with Crippen molar-refractivity contribution in [3.63, 3.8) is 0 Å². The van der Waals surface area contributed by atoms with Gasteiger partial charge >= 0.3 is 6.18 Å². The Morgan fingerprint density at radius 1 is 0.950 bits per heavy atom. The average molecular weight is 279 g/mol. The molecular weight excluding hydrogens is 263 g/mol. The Hall–Kier alpha value is -1.81. The van der Waals surface area contributed by atoms with Gasteiger partial charge in [-0.15, -0.1) is 0 Å². The molecule has 0 aliphatic heterocycles. The van der Waals surface area contributed by atoms with Gasteiger partial charge in [0.15, 0.2) is 0 Å². The van der Waals surface area contributed by atoms with E-state index in [2.05, 4.69) is 5.32 Å². The van der Waals surface area contributed by atoms with Crippen molar-refractivity contribution in [2.45, 2.75) is 25.7 Å². The van der Waals surface area contributed by atoms with E-state index in [0.29, 0.717) is 0 Å². The summed E-state index contributed by atoms with van der Waals surface area (Å²) in [5.74, 6) is 0. The van der Waals surface area contributed by atoms with Gasteiger partial charge in [0.2, 0.25) is 0 Å². The zero-order chi connectivity index (χ0) is 14.6. The van der Waals surface area contributed by atoms with Crippen LogP contribution in [0, 0.1) is 0 Å². The summed E-state index contributed by atoms with van der Waals surface area (Å²) in [5.41, 5.74) is 0.743. The molecule has 1 unspecified atom stereocenters. The zero-order valence-corrected chi connectivity index (χ0v) is 11.1. The van der Waals surface area contributed by atoms with Gasteiger partial charge in [-0.05, 0) is 24.1 Å². The summed E-state index contributed by atoms with van der Waals surface area (Å²) in [4.78, 5) is 0. The lowest BCUT2D eigenvalue weighted by molar-refractivity contribution is -0.138. The number of alkyl halides is 3. The number of hydrogen-bond acceptors (Lipinski definition) is 1. The third-order valence-electron chi connectivity index (χ3n) is 3.22. The first-order valence-electron chi connectivity index (χ1n) is 6.42. The second-order valence-electron chi connectivity index (χ2n) is 4.67. The van der Waals surface area contributed by atoms with Gasteiger partial charge in [-0.2, -0.15) is 13.2 Å². The first-order chi connectivity index (χ1) is 9.48. The Morgan fingerprint density at radius 3 is 2.20 bits per heavy atom. The summed E-state index contributed by atoms with van der Waals surface area (Å²) >= 11 is 0. The summed E-state index contributed by atoms with van der Waals surface area (Å²) in [5, 5.41) is 3.13. The maximum absolute atomic E-state index is 12.9. The lowest BCUT2D eigenvalue weighted by Gasteiger charge is -2.17. The van der Waals surface area contributed by atoms with Crippen molar-refractivity contribution in [3.8, 4) is 0 Å². The lowest BCUT2D eigenvalue weighted by Crippen LogP contribution is -2.20. The molecule has 0 spiro atoms. The van der Waals surface area contributed by atoms with Crippen LogP contribution in [-0.4, -0.2) is 0 Å². The van der Waals surface area contributed by atoms with E-state index < -0.39 is 11.7 Å². The third kappa shape index (κ3) is 3.61. The van der Waals surface area contributed by atoms with Gasteiger partial charge in [0, 0.05) is 12.6 Å². The molecule has 2 aromatic carbocycles. The van der Waals surface area contributed by atoms with Crippen LogP contribution in [0.1, 0.15) is 29.7 Å². The fourth-order valence-electron chi connectivity index (χ4n) is 2.07. The molecule has 1 nitrogen and oxygen atoms in total. The molecule has 0 saturated heterocycles. The quantitative estimate of drug-likeness (QED) is 0.865. The molecule has 2 aromatic rings. The monoisotopic (exact) mass is 279 g/mol. The van der Waals surface area contributed by atoms with Crippen molar-refractivity contribution in [1.82, 2.24) is 5.32 Å². The normalized spacial score (nSPS) is 13.2. The number of hydrogen-bond donors (Lipinski definition) is 1. The minimum absolute atomic E-state index is 0.00232. The van der Waals surface area contributed by atoms with Gasteiger partial charge in [0.25, 0.3) is 0 Å². The SMILES string of the molecule is CC(NCc1ccccc1C(F)(F)F)c1ccccc1. The van der Waals surface area contributed by atoms with Crippen LogP contribution in [0.15, 0.2) is 54.6 Å². The summed E-state index contributed by atoms with van der Waals surface area (Å²) < 4.78 is 38.6. The average Bonchev–Trinajstić information content (AvgIpc) is 2.45. The van der Waals surface area contributed by atoms with E-state index in [0.717, 1.165) is 11.6 Å². The van der Waals surface area contributed by atoms with E-state index in [-0.39, 0.29) is 18.2 Å². The molecular formula is C16H16F3N. The Kier molecular flexibility index (Phi) is 4.45. The van der Waals surface area contributed by atoms with Crippen LogP contribution in [0.25, 0.3) is 0 Å². The van der Waals surface area contributed by atoms with Crippen molar-refractivity contribution in [3.05, 3.63) is 71.3 Å². The highest BCUT2D eigenvalue weighted by Gasteiger charge is 2.32. The van der Waals surface area contributed by atoms with Crippen LogP contribution in [0.2, 0.25) is 0 Å². The molecule has 0 radical (unpaired) electrons. The van der Waals surface area contributed by atoms with Gasteiger partial charge in [0.1, 0.15) is 0 Å². The number of rotatable bonds is 4. The van der Waals surface area contributed by atoms with Crippen LogP contribution in [0.3, 0.4) is 0 Å².